The third-order valence-corrected chi connectivity index (χ3v) is 5.67. The molecular formula is C22H28N4O3. The van der Waals surface area contributed by atoms with E-state index in [0.29, 0.717) is 36.9 Å². The van der Waals surface area contributed by atoms with Gasteiger partial charge in [0.1, 0.15) is 5.82 Å². The molecule has 1 saturated heterocycles. The van der Waals surface area contributed by atoms with Gasteiger partial charge in [-0.1, -0.05) is 11.8 Å². The quantitative estimate of drug-likeness (QED) is 0.397. The molecule has 0 aromatic heterocycles. The molecule has 5 N–H and O–H groups in total. The lowest BCUT2D eigenvalue weighted by atomic mass is 10.1. The van der Waals surface area contributed by atoms with Crippen molar-refractivity contribution in [3.63, 3.8) is 0 Å². The summed E-state index contributed by atoms with van der Waals surface area (Å²) in [4.78, 5) is 12.5. The number of nitrogens with two attached hydrogens (primary N) is 2. The van der Waals surface area contributed by atoms with Crippen molar-refractivity contribution in [3.05, 3.63) is 46.9 Å². The average molecular weight is 396 g/mol. The van der Waals surface area contributed by atoms with Crippen molar-refractivity contribution in [1.82, 2.24) is 10.3 Å². The van der Waals surface area contributed by atoms with E-state index < -0.39 is 6.29 Å². The molecule has 0 radical (unpaired) electrons. The number of amides is 1. The zero-order chi connectivity index (χ0) is 20.4. The van der Waals surface area contributed by atoms with Crippen LogP contribution < -0.4 is 16.9 Å². The summed E-state index contributed by atoms with van der Waals surface area (Å²) < 4.78 is 11.5. The van der Waals surface area contributed by atoms with Gasteiger partial charge in [0.25, 0.3) is 5.91 Å². The van der Waals surface area contributed by atoms with Gasteiger partial charge in [-0.2, -0.15) is 0 Å². The number of carbonyl (C=O) groups is 1. The van der Waals surface area contributed by atoms with Crippen molar-refractivity contribution >= 4 is 5.91 Å². The molecule has 3 fully saturated rings. The Morgan fingerprint density at radius 3 is 2.48 bits per heavy atom. The molecule has 2 aliphatic carbocycles. The van der Waals surface area contributed by atoms with E-state index in [0.717, 1.165) is 18.4 Å². The normalized spacial score (nSPS) is 21.0. The minimum atomic E-state index is -0.394. The molecule has 1 aliphatic heterocycles. The maximum absolute atomic E-state index is 12.5. The highest BCUT2D eigenvalue weighted by molar-refractivity contribution is 5.95. The van der Waals surface area contributed by atoms with Crippen molar-refractivity contribution in [2.75, 3.05) is 19.8 Å². The molecule has 1 amide bonds. The van der Waals surface area contributed by atoms with Gasteiger partial charge in [-0.15, -0.1) is 0 Å². The highest BCUT2D eigenvalue weighted by Gasteiger charge is 2.47. The Morgan fingerprint density at radius 1 is 1.24 bits per heavy atom. The topological polar surface area (TPSA) is 103 Å². The van der Waals surface area contributed by atoms with Gasteiger partial charge >= 0.3 is 0 Å². The largest absolute Gasteiger partial charge is 0.384 e. The Labute approximate surface area is 171 Å². The first-order chi connectivity index (χ1) is 13.9. The standard InChI is InChI=1S/C22H28N4O3/c1-15(26(24)12-19-28-13-22(10-11-22)14-29-19)20(23)25-21(27)18-8-6-17(7-9-18)5-4-16-2-3-16/h6-9,16,19H,2-3,10-14,23-24H2,1H3,(H,25,27)/b20-15+. The number of nitrogens with one attached hydrogen (secondary N) is 1. The van der Waals surface area contributed by atoms with Crippen LogP contribution in [0.3, 0.4) is 0 Å². The van der Waals surface area contributed by atoms with Crippen LogP contribution in [-0.4, -0.2) is 37.0 Å². The third-order valence-electron chi connectivity index (χ3n) is 5.67. The average Bonchev–Trinajstić information content (AvgIpc) is 3.65. The molecule has 1 aromatic rings. The van der Waals surface area contributed by atoms with Crippen molar-refractivity contribution in [2.45, 2.75) is 38.9 Å². The molecule has 1 heterocycles. The lowest BCUT2D eigenvalue weighted by molar-refractivity contribution is -0.212. The predicted octanol–water partition coefficient (Wildman–Crippen LogP) is 1.65. The number of allylic oxidation sites excluding steroid dienone is 1. The van der Waals surface area contributed by atoms with Crippen LogP contribution in [0, 0.1) is 23.2 Å². The molecule has 2 saturated carbocycles. The minimum absolute atomic E-state index is 0.199. The molecular weight excluding hydrogens is 368 g/mol. The Morgan fingerprint density at radius 2 is 1.90 bits per heavy atom. The summed E-state index contributed by atoms with van der Waals surface area (Å²) >= 11 is 0. The van der Waals surface area contributed by atoms with Gasteiger partial charge in [0, 0.05) is 22.5 Å². The second-order valence-electron chi connectivity index (χ2n) is 8.28. The van der Waals surface area contributed by atoms with Gasteiger partial charge in [-0.25, -0.2) is 5.84 Å². The molecule has 0 bridgehead atoms. The fourth-order valence-corrected chi connectivity index (χ4v) is 3.06. The zero-order valence-electron chi connectivity index (χ0n) is 16.7. The van der Waals surface area contributed by atoms with Crippen LogP contribution >= 0.6 is 0 Å². The minimum Gasteiger partial charge on any atom is -0.384 e. The van der Waals surface area contributed by atoms with Crippen LogP contribution in [0.25, 0.3) is 0 Å². The first-order valence-electron chi connectivity index (χ1n) is 10.1. The summed E-state index contributed by atoms with van der Waals surface area (Å²) in [6, 6.07) is 7.17. The number of hydrogen-bond donors (Lipinski definition) is 3. The van der Waals surface area contributed by atoms with E-state index in [-0.39, 0.29) is 17.1 Å². The Balaban J connectivity index is 1.30. The van der Waals surface area contributed by atoms with Gasteiger partial charge in [-0.05, 0) is 56.9 Å². The summed E-state index contributed by atoms with van der Waals surface area (Å²) in [6.07, 6.45) is 4.32. The first kappa shape index (κ1) is 19.8. The molecule has 0 unspecified atom stereocenters. The number of benzene rings is 1. The molecule has 7 nitrogen and oxygen atoms in total. The number of carbonyl (C=O) groups excluding carboxylic acids is 1. The van der Waals surface area contributed by atoms with Crippen molar-refractivity contribution in [3.8, 4) is 11.8 Å². The second kappa shape index (κ2) is 8.07. The highest BCUT2D eigenvalue weighted by Crippen LogP contribution is 2.48. The molecule has 4 rings (SSSR count). The van der Waals surface area contributed by atoms with Crippen molar-refractivity contribution in [2.24, 2.45) is 22.9 Å². The number of ether oxygens (including phenoxy) is 2. The lowest BCUT2D eigenvalue weighted by Gasteiger charge is -2.32. The monoisotopic (exact) mass is 396 g/mol. The summed E-state index contributed by atoms with van der Waals surface area (Å²) in [7, 11) is 0. The Kier molecular flexibility index (Phi) is 5.50. The number of hydrogen-bond acceptors (Lipinski definition) is 6. The van der Waals surface area contributed by atoms with E-state index in [1.807, 2.05) is 12.1 Å². The summed E-state index contributed by atoms with van der Waals surface area (Å²) in [5.41, 5.74) is 8.26. The maximum Gasteiger partial charge on any atom is 0.256 e. The van der Waals surface area contributed by atoms with E-state index >= 15 is 0 Å². The SMILES string of the molecule is C/C(=C(/N)NC(=O)c1ccc(C#CC2CC2)cc1)N(N)CC1OCC2(CC2)CO1. The maximum atomic E-state index is 12.5. The van der Waals surface area contributed by atoms with Crippen molar-refractivity contribution in [1.29, 1.82) is 0 Å². The third kappa shape index (κ3) is 5.10. The van der Waals surface area contributed by atoms with Gasteiger partial charge in [0.2, 0.25) is 0 Å². The van der Waals surface area contributed by atoms with E-state index in [4.69, 9.17) is 21.1 Å². The van der Waals surface area contributed by atoms with Gasteiger partial charge in [-0.3, -0.25) is 4.79 Å². The number of nitrogens with zero attached hydrogens (tertiary/aromatic N) is 1. The summed E-state index contributed by atoms with van der Waals surface area (Å²) in [6.45, 7) is 3.51. The zero-order valence-corrected chi connectivity index (χ0v) is 16.7. The van der Waals surface area contributed by atoms with E-state index in [1.54, 1.807) is 19.1 Å². The first-order valence-corrected chi connectivity index (χ1v) is 10.1. The molecule has 1 spiro atoms. The van der Waals surface area contributed by atoms with Crippen LogP contribution in [-0.2, 0) is 9.47 Å². The molecule has 29 heavy (non-hydrogen) atoms. The second-order valence-corrected chi connectivity index (χ2v) is 8.28. The molecule has 1 aromatic carbocycles. The fraction of sp³-hybridized carbons (Fsp3) is 0.500. The molecule has 7 heteroatoms. The molecule has 0 atom stereocenters. The Hall–Kier alpha value is -2.53. The summed E-state index contributed by atoms with van der Waals surface area (Å²) in [5, 5.41) is 4.14. The van der Waals surface area contributed by atoms with Gasteiger partial charge in [0.05, 0.1) is 25.5 Å². The number of rotatable bonds is 5. The van der Waals surface area contributed by atoms with E-state index in [9.17, 15) is 4.79 Å². The smallest absolute Gasteiger partial charge is 0.256 e. The highest BCUT2D eigenvalue weighted by atomic mass is 16.7. The molecule has 3 aliphatic rings. The van der Waals surface area contributed by atoms with Crippen LogP contribution in [0.4, 0.5) is 0 Å². The van der Waals surface area contributed by atoms with Gasteiger partial charge in [0.15, 0.2) is 6.29 Å². The van der Waals surface area contributed by atoms with E-state index in [2.05, 4.69) is 17.2 Å². The van der Waals surface area contributed by atoms with Crippen LogP contribution in [0.5, 0.6) is 0 Å². The van der Waals surface area contributed by atoms with Gasteiger partial charge < -0.3 is 25.5 Å². The van der Waals surface area contributed by atoms with Crippen molar-refractivity contribution < 1.29 is 14.3 Å². The van der Waals surface area contributed by atoms with Crippen LogP contribution in [0.2, 0.25) is 0 Å². The predicted molar refractivity (Wildman–Crippen MR) is 109 cm³/mol. The number of hydrazine groups is 1. The summed E-state index contributed by atoms with van der Waals surface area (Å²) in [5.74, 6) is 12.9. The lowest BCUT2D eigenvalue weighted by Crippen LogP contribution is -2.45. The molecule has 154 valence electrons. The Bertz CT molecular complexity index is 850. The van der Waals surface area contributed by atoms with Crippen LogP contribution in [0.15, 0.2) is 35.8 Å². The van der Waals surface area contributed by atoms with E-state index in [1.165, 1.54) is 17.9 Å². The van der Waals surface area contributed by atoms with Crippen LogP contribution in [0.1, 0.15) is 48.5 Å². The fourth-order valence-electron chi connectivity index (χ4n) is 3.06.